The van der Waals surface area contributed by atoms with Gasteiger partial charge in [-0.3, -0.25) is 4.79 Å². The lowest BCUT2D eigenvalue weighted by atomic mass is 9.85. The third-order valence-electron chi connectivity index (χ3n) is 4.93. The lowest BCUT2D eigenvalue weighted by molar-refractivity contribution is -0.149. The molecule has 3 atom stereocenters. The molecule has 0 bridgehead atoms. The molecule has 110 valence electrons. The molecule has 4 heteroatoms. The number of hydrogen-bond acceptors (Lipinski definition) is 4. The maximum absolute atomic E-state index is 12.2. The first-order valence-electron chi connectivity index (χ1n) is 7.50. The van der Waals surface area contributed by atoms with Gasteiger partial charge in [-0.05, 0) is 53.1 Å². The van der Waals surface area contributed by atoms with E-state index < -0.39 is 0 Å². The van der Waals surface area contributed by atoms with Crippen LogP contribution in [0.4, 0.5) is 0 Å². The third kappa shape index (κ3) is 3.48. The lowest BCUT2D eigenvalue weighted by Crippen LogP contribution is -2.45. The Morgan fingerprint density at radius 1 is 1.32 bits per heavy atom. The van der Waals surface area contributed by atoms with Crippen molar-refractivity contribution in [3.05, 3.63) is 0 Å². The number of carbonyl (C=O) groups excluding carboxylic acids is 1. The highest BCUT2D eigenvalue weighted by molar-refractivity contribution is 5.76. The summed E-state index contributed by atoms with van der Waals surface area (Å²) in [5, 5.41) is 3.47. The second-order valence-electron chi connectivity index (χ2n) is 6.92. The predicted molar refractivity (Wildman–Crippen MR) is 76.0 cm³/mol. The first-order chi connectivity index (χ1) is 8.90. The first kappa shape index (κ1) is 14.8. The Bertz CT molecular complexity index is 314. The Morgan fingerprint density at radius 2 is 2.00 bits per heavy atom. The van der Waals surface area contributed by atoms with Crippen LogP contribution in [0.25, 0.3) is 0 Å². The van der Waals surface area contributed by atoms with Crippen LogP contribution >= 0.6 is 0 Å². The van der Waals surface area contributed by atoms with Gasteiger partial charge in [0.15, 0.2) is 0 Å². The van der Waals surface area contributed by atoms with Crippen molar-refractivity contribution in [3.8, 4) is 0 Å². The van der Waals surface area contributed by atoms with E-state index in [-0.39, 0.29) is 17.6 Å². The highest BCUT2D eigenvalue weighted by Crippen LogP contribution is 2.33. The summed E-state index contributed by atoms with van der Waals surface area (Å²) in [7, 11) is 4.02. The molecule has 4 nitrogen and oxygen atoms in total. The lowest BCUT2D eigenvalue weighted by Gasteiger charge is -2.32. The third-order valence-corrected chi connectivity index (χ3v) is 4.93. The monoisotopic (exact) mass is 268 g/mol. The van der Waals surface area contributed by atoms with E-state index in [9.17, 15) is 4.79 Å². The minimum absolute atomic E-state index is 0.0654. The van der Waals surface area contributed by atoms with Crippen LogP contribution in [0.3, 0.4) is 0 Å². The fourth-order valence-corrected chi connectivity index (χ4v) is 2.98. The Labute approximate surface area is 116 Å². The van der Waals surface area contributed by atoms with E-state index in [1.54, 1.807) is 0 Å². The second-order valence-corrected chi connectivity index (χ2v) is 6.92. The molecule has 1 aliphatic carbocycles. The first-order valence-corrected chi connectivity index (χ1v) is 7.50. The van der Waals surface area contributed by atoms with Crippen molar-refractivity contribution in [2.24, 2.45) is 5.92 Å². The zero-order valence-corrected chi connectivity index (χ0v) is 12.7. The molecule has 1 heterocycles. The van der Waals surface area contributed by atoms with Crippen molar-refractivity contribution in [1.82, 2.24) is 10.2 Å². The topological polar surface area (TPSA) is 41.6 Å². The van der Waals surface area contributed by atoms with Gasteiger partial charge in [0.05, 0.1) is 0 Å². The fraction of sp³-hybridized carbons (Fsp3) is 0.933. The van der Waals surface area contributed by atoms with Crippen molar-refractivity contribution in [1.29, 1.82) is 0 Å². The zero-order chi connectivity index (χ0) is 14.0. The van der Waals surface area contributed by atoms with Gasteiger partial charge in [0, 0.05) is 11.6 Å². The number of likely N-dealkylation sites (N-methyl/N-ethyl adjacent to an activating group) is 1. The molecule has 0 spiro atoms. The minimum atomic E-state index is -0.110. The standard InChI is InChI=1S/C15H28N2O2/c1-15(2,17(3)4)10-19-14(18)13-9-11-7-5-6-8-12(11)16-13/h11-13,16H,5-10H2,1-4H3/t11-,12-,13-/m0/s1. The van der Waals surface area contributed by atoms with Crippen molar-refractivity contribution < 1.29 is 9.53 Å². The molecule has 0 aromatic heterocycles. The molecule has 1 N–H and O–H groups in total. The van der Waals surface area contributed by atoms with E-state index in [1.165, 1.54) is 25.7 Å². The summed E-state index contributed by atoms with van der Waals surface area (Å²) in [5.41, 5.74) is -0.110. The fourth-order valence-electron chi connectivity index (χ4n) is 2.98. The van der Waals surface area contributed by atoms with E-state index in [2.05, 4.69) is 24.1 Å². The van der Waals surface area contributed by atoms with Gasteiger partial charge in [0.25, 0.3) is 0 Å². The Kier molecular flexibility index (Phi) is 4.51. The maximum atomic E-state index is 12.2. The maximum Gasteiger partial charge on any atom is 0.323 e. The number of esters is 1. The largest absolute Gasteiger partial charge is 0.463 e. The minimum Gasteiger partial charge on any atom is -0.463 e. The van der Waals surface area contributed by atoms with E-state index >= 15 is 0 Å². The molecule has 1 saturated heterocycles. The molecule has 2 aliphatic rings. The molecule has 0 unspecified atom stereocenters. The van der Waals surface area contributed by atoms with Gasteiger partial charge < -0.3 is 15.0 Å². The summed E-state index contributed by atoms with van der Waals surface area (Å²) in [6, 6.07) is 0.472. The Morgan fingerprint density at radius 3 is 2.63 bits per heavy atom. The normalized spacial score (nSPS) is 31.3. The van der Waals surface area contributed by atoms with Crippen LogP contribution in [0.1, 0.15) is 46.0 Å². The van der Waals surface area contributed by atoms with Crippen LogP contribution in [0.2, 0.25) is 0 Å². The summed E-state index contributed by atoms with van der Waals surface area (Å²) < 4.78 is 5.52. The molecule has 0 aromatic rings. The number of ether oxygens (including phenoxy) is 1. The van der Waals surface area contributed by atoms with Gasteiger partial charge in [-0.15, -0.1) is 0 Å². The number of carbonyl (C=O) groups is 1. The molecule has 2 fully saturated rings. The van der Waals surface area contributed by atoms with Gasteiger partial charge >= 0.3 is 5.97 Å². The van der Waals surface area contributed by atoms with Crippen LogP contribution in [0.15, 0.2) is 0 Å². The van der Waals surface area contributed by atoms with Gasteiger partial charge in [-0.2, -0.15) is 0 Å². The molecular formula is C15H28N2O2. The van der Waals surface area contributed by atoms with Crippen molar-refractivity contribution in [2.45, 2.75) is 63.6 Å². The average Bonchev–Trinajstić information content (AvgIpc) is 2.79. The van der Waals surface area contributed by atoms with Crippen LogP contribution in [0.5, 0.6) is 0 Å². The van der Waals surface area contributed by atoms with Crippen molar-refractivity contribution in [3.63, 3.8) is 0 Å². The number of rotatable bonds is 4. The number of hydrogen-bond donors (Lipinski definition) is 1. The average molecular weight is 268 g/mol. The van der Waals surface area contributed by atoms with E-state index in [1.807, 2.05) is 14.1 Å². The molecule has 0 radical (unpaired) electrons. The van der Waals surface area contributed by atoms with E-state index in [0.29, 0.717) is 18.6 Å². The molecule has 1 aliphatic heterocycles. The summed E-state index contributed by atoms with van der Waals surface area (Å²) in [5.74, 6) is 0.623. The highest BCUT2D eigenvalue weighted by atomic mass is 16.5. The number of nitrogens with one attached hydrogen (secondary N) is 1. The zero-order valence-electron chi connectivity index (χ0n) is 12.7. The predicted octanol–water partition coefficient (Wildman–Crippen LogP) is 1.79. The molecule has 2 rings (SSSR count). The highest BCUT2D eigenvalue weighted by Gasteiger charge is 2.39. The van der Waals surface area contributed by atoms with E-state index in [0.717, 1.165) is 6.42 Å². The smallest absolute Gasteiger partial charge is 0.323 e. The van der Waals surface area contributed by atoms with Crippen LogP contribution in [0, 0.1) is 5.92 Å². The SMILES string of the molecule is CN(C)C(C)(C)COC(=O)[C@@H]1C[C@@H]2CCCC[C@@H]2N1. The Hall–Kier alpha value is -0.610. The van der Waals surface area contributed by atoms with Crippen LogP contribution in [-0.4, -0.2) is 49.2 Å². The second kappa shape index (κ2) is 5.80. The van der Waals surface area contributed by atoms with Gasteiger partial charge in [-0.25, -0.2) is 0 Å². The molecule has 0 aromatic carbocycles. The summed E-state index contributed by atoms with van der Waals surface area (Å²) in [6.45, 7) is 4.62. The molecular weight excluding hydrogens is 240 g/mol. The van der Waals surface area contributed by atoms with Crippen molar-refractivity contribution in [2.75, 3.05) is 20.7 Å². The van der Waals surface area contributed by atoms with Gasteiger partial charge in [0.1, 0.15) is 12.6 Å². The Balaban J connectivity index is 1.81. The summed E-state index contributed by atoms with van der Waals surface area (Å²) in [6.07, 6.45) is 6.07. The molecule has 1 saturated carbocycles. The number of nitrogens with zero attached hydrogens (tertiary/aromatic N) is 1. The van der Waals surface area contributed by atoms with E-state index in [4.69, 9.17) is 4.74 Å². The quantitative estimate of drug-likeness (QED) is 0.789. The molecule has 0 amide bonds. The summed E-state index contributed by atoms with van der Waals surface area (Å²) >= 11 is 0. The van der Waals surface area contributed by atoms with Crippen LogP contribution < -0.4 is 5.32 Å². The van der Waals surface area contributed by atoms with Gasteiger partial charge in [-0.1, -0.05) is 12.8 Å². The van der Waals surface area contributed by atoms with Crippen LogP contribution in [-0.2, 0) is 9.53 Å². The summed E-state index contributed by atoms with van der Waals surface area (Å²) in [4.78, 5) is 14.2. The molecule has 19 heavy (non-hydrogen) atoms. The number of fused-ring (bicyclic) bond motifs is 1. The van der Waals surface area contributed by atoms with Gasteiger partial charge in [0.2, 0.25) is 0 Å². The van der Waals surface area contributed by atoms with Crippen molar-refractivity contribution >= 4 is 5.97 Å².